The molecule has 0 saturated carbocycles. The number of non-ortho nitro benzene ring substituents is 2. The highest BCUT2D eigenvalue weighted by molar-refractivity contribution is 5.77. The molecule has 8 bridgehead atoms. The number of fused-ring (bicyclic) bond motifs is 8. The van der Waals surface area contributed by atoms with Gasteiger partial charge in [0.25, 0.3) is 11.4 Å². The van der Waals surface area contributed by atoms with E-state index in [4.69, 9.17) is 18.9 Å². The molecule has 1 aliphatic rings. The van der Waals surface area contributed by atoms with E-state index in [1.165, 1.54) is 12.1 Å². The number of nitro groups is 2. The van der Waals surface area contributed by atoms with E-state index in [0.717, 1.165) is 36.7 Å². The number of carbonyl (C=O) groups is 1. The van der Waals surface area contributed by atoms with Crippen LogP contribution in [0.15, 0.2) is 54.6 Å². The van der Waals surface area contributed by atoms with Crippen LogP contribution in [0.25, 0.3) is 0 Å². The third-order valence-corrected chi connectivity index (χ3v) is 8.78. The maximum absolute atomic E-state index is 12.4. The molecule has 0 N–H and O–H groups in total. The van der Waals surface area contributed by atoms with Gasteiger partial charge < -0.3 is 18.9 Å². The third-order valence-electron chi connectivity index (χ3n) is 8.78. The van der Waals surface area contributed by atoms with Gasteiger partial charge in [0.15, 0.2) is 0 Å². The molecule has 0 spiro atoms. The highest BCUT2D eigenvalue weighted by Gasteiger charge is 2.26. The Morgan fingerprint density at radius 2 is 0.808 bits per heavy atom. The Morgan fingerprint density at radius 3 is 1.10 bits per heavy atom. The Balaban J connectivity index is 1.89. The summed E-state index contributed by atoms with van der Waals surface area (Å²) in [5, 5.41) is 24.8. The Hall–Kier alpha value is -5.45. The molecule has 0 radical (unpaired) electrons. The summed E-state index contributed by atoms with van der Waals surface area (Å²) in [5.41, 5.74) is 5.50. The predicted molar refractivity (Wildman–Crippen MR) is 199 cm³/mol. The minimum atomic E-state index is -0.404. The average Bonchev–Trinajstić information content (AvgIpc) is 3.12. The zero-order valence-electron chi connectivity index (χ0n) is 30.3. The van der Waals surface area contributed by atoms with Crippen molar-refractivity contribution in [2.45, 2.75) is 79.1 Å². The van der Waals surface area contributed by atoms with Crippen molar-refractivity contribution >= 4 is 17.7 Å². The number of hydrogen-bond donors (Lipinski definition) is 0. The average molecular weight is 711 g/mol. The summed E-state index contributed by atoms with van der Waals surface area (Å²) in [6, 6.07) is 15.4. The van der Waals surface area contributed by atoms with Gasteiger partial charge in [0.2, 0.25) is 0 Å². The first-order valence-corrected chi connectivity index (χ1v) is 18.0. The van der Waals surface area contributed by atoms with E-state index in [1.807, 2.05) is 45.9 Å². The van der Waals surface area contributed by atoms with Crippen LogP contribution in [0, 0.1) is 20.2 Å². The van der Waals surface area contributed by atoms with E-state index >= 15 is 0 Å². The lowest BCUT2D eigenvalue weighted by Crippen LogP contribution is -2.11. The first-order chi connectivity index (χ1) is 25.2. The van der Waals surface area contributed by atoms with Crippen LogP contribution in [-0.4, -0.2) is 42.6 Å². The lowest BCUT2D eigenvalue weighted by Gasteiger charge is -2.23. The molecule has 0 atom stereocenters. The zero-order chi connectivity index (χ0) is 37.2. The van der Waals surface area contributed by atoms with E-state index in [0.29, 0.717) is 94.8 Å². The van der Waals surface area contributed by atoms with Gasteiger partial charge in [-0.05, 0) is 60.1 Å². The van der Waals surface area contributed by atoms with Crippen molar-refractivity contribution in [3.63, 3.8) is 0 Å². The minimum absolute atomic E-state index is 0.0788. The van der Waals surface area contributed by atoms with Crippen LogP contribution in [-0.2, 0) is 25.7 Å². The maximum Gasteiger partial charge on any atom is 0.270 e. The molecule has 274 valence electrons. The molecule has 0 heterocycles. The summed E-state index contributed by atoms with van der Waals surface area (Å²) in [5.74, 6) is 2.23. The number of nitrogens with zero attached hydrogens (tertiary/aromatic N) is 2. The molecule has 0 aliphatic heterocycles. The van der Waals surface area contributed by atoms with Gasteiger partial charge in [-0.2, -0.15) is 0 Å². The summed E-state index contributed by atoms with van der Waals surface area (Å²) in [6.45, 7) is 9.57. The van der Waals surface area contributed by atoms with E-state index in [9.17, 15) is 25.0 Å². The van der Waals surface area contributed by atoms with Crippen LogP contribution < -0.4 is 18.9 Å². The fraction of sp³-hybridized carbons (Fsp3) is 0.390. The number of para-hydroxylation sites is 1. The van der Waals surface area contributed by atoms with E-state index in [1.54, 1.807) is 24.3 Å². The van der Waals surface area contributed by atoms with Crippen molar-refractivity contribution < 1.29 is 33.6 Å². The Bertz CT molecular complexity index is 1820. The lowest BCUT2D eigenvalue weighted by molar-refractivity contribution is -0.385. The smallest absolute Gasteiger partial charge is 0.270 e. The van der Waals surface area contributed by atoms with Crippen molar-refractivity contribution in [3.8, 4) is 23.0 Å². The molecule has 4 aromatic carbocycles. The molecule has 1 aliphatic carbocycles. The van der Waals surface area contributed by atoms with E-state index in [2.05, 4.69) is 0 Å². The van der Waals surface area contributed by atoms with Gasteiger partial charge in [0, 0.05) is 77.8 Å². The first-order valence-electron chi connectivity index (χ1n) is 18.0. The second kappa shape index (κ2) is 17.7. The second-order valence-electron chi connectivity index (χ2n) is 13.0. The topological polar surface area (TPSA) is 140 Å². The molecular weight excluding hydrogens is 664 g/mol. The molecule has 0 amide bonds. The minimum Gasteiger partial charge on any atom is -0.493 e. The van der Waals surface area contributed by atoms with Gasteiger partial charge in [0.05, 0.1) is 36.3 Å². The fourth-order valence-corrected chi connectivity index (χ4v) is 6.62. The van der Waals surface area contributed by atoms with Crippen molar-refractivity contribution in [2.75, 3.05) is 26.4 Å². The largest absolute Gasteiger partial charge is 0.493 e. The molecule has 4 aromatic rings. The number of benzene rings is 4. The zero-order valence-corrected chi connectivity index (χ0v) is 30.3. The Morgan fingerprint density at radius 1 is 0.519 bits per heavy atom. The van der Waals surface area contributed by atoms with Gasteiger partial charge in [-0.3, -0.25) is 25.0 Å². The predicted octanol–water partition coefficient (Wildman–Crippen LogP) is 9.15. The fourth-order valence-electron chi connectivity index (χ4n) is 6.62. The number of aldehydes is 1. The standard InChI is InChI=1S/C41H46N2O9/c1-5-12-49-38-28-10-9-11-29(38)19-33-23-37(43(47)48)25-35(41(33)52-15-8-4)21-31-17-27(26-44)16-30(39(31)50-13-6-2)20-34-24-36(42(45)46)22-32(18-28)40(34)51-14-7-3/h9-11,16-17,22-26H,5-8,12-15,18-21H2,1-4H3. The van der Waals surface area contributed by atoms with Crippen LogP contribution in [0.4, 0.5) is 11.4 Å². The number of rotatable bonds is 15. The monoisotopic (exact) mass is 710 g/mol. The lowest BCUT2D eigenvalue weighted by atomic mass is 9.90. The Labute approximate surface area is 304 Å². The summed E-state index contributed by atoms with van der Waals surface area (Å²) >= 11 is 0. The van der Waals surface area contributed by atoms with Crippen LogP contribution >= 0.6 is 0 Å². The van der Waals surface area contributed by atoms with E-state index in [-0.39, 0.29) is 37.1 Å². The summed E-state index contributed by atoms with van der Waals surface area (Å²) < 4.78 is 25.6. The van der Waals surface area contributed by atoms with Crippen molar-refractivity contribution in [2.24, 2.45) is 0 Å². The molecule has 0 aromatic heterocycles. The van der Waals surface area contributed by atoms with Crippen LogP contribution in [0.1, 0.15) is 108 Å². The summed E-state index contributed by atoms with van der Waals surface area (Å²) in [7, 11) is 0. The highest BCUT2D eigenvalue weighted by Crippen LogP contribution is 2.41. The quantitative estimate of drug-likeness (QED) is 0.0591. The molecule has 0 saturated heterocycles. The molecule has 52 heavy (non-hydrogen) atoms. The SMILES string of the molecule is CCCOc1c2cccc1Cc1cc([N+](=O)[O-])cc(c1OCCC)Cc1cc(C=O)cc(c1OCCC)Cc1cc([N+](=O)[O-])cc(c1OCCC)C2. The summed E-state index contributed by atoms with van der Waals surface area (Å²) in [4.78, 5) is 36.4. The molecule has 0 unspecified atom stereocenters. The van der Waals surface area contributed by atoms with Gasteiger partial charge in [-0.1, -0.05) is 45.9 Å². The Kier molecular flexibility index (Phi) is 12.8. The number of hydrogen-bond acceptors (Lipinski definition) is 9. The van der Waals surface area contributed by atoms with Crippen LogP contribution in [0.3, 0.4) is 0 Å². The first kappa shape index (κ1) is 37.8. The molecule has 5 rings (SSSR count). The third kappa shape index (κ3) is 8.70. The molecule has 11 nitrogen and oxygen atoms in total. The molecule has 0 fully saturated rings. The number of nitro benzene ring substituents is 2. The van der Waals surface area contributed by atoms with Gasteiger partial charge in [-0.15, -0.1) is 0 Å². The van der Waals surface area contributed by atoms with Crippen molar-refractivity contribution in [3.05, 3.63) is 125 Å². The summed E-state index contributed by atoms with van der Waals surface area (Å²) in [6.07, 6.45) is 4.49. The van der Waals surface area contributed by atoms with Gasteiger partial charge in [0.1, 0.15) is 29.3 Å². The van der Waals surface area contributed by atoms with Crippen molar-refractivity contribution in [1.29, 1.82) is 0 Å². The maximum atomic E-state index is 12.4. The van der Waals surface area contributed by atoms with Crippen LogP contribution in [0.2, 0.25) is 0 Å². The number of ether oxygens (including phenoxy) is 4. The van der Waals surface area contributed by atoms with Crippen LogP contribution in [0.5, 0.6) is 23.0 Å². The van der Waals surface area contributed by atoms with Gasteiger partial charge >= 0.3 is 0 Å². The molecular formula is C41H46N2O9. The molecule has 11 heteroatoms. The van der Waals surface area contributed by atoms with Crippen molar-refractivity contribution in [1.82, 2.24) is 0 Å². The normalized spacial score (nSPS) is 12.2. The number of carbonyl (C=O) groups excluding carboxylic acids is 1. The van der Waals surface area contributed by atoms with E-state index < -0.39 is 9.85 Å². The highest BCUT2D eigenvalue weighted by atomic mass is 16.6. The second-order valence-corrected chi connectivity index (χ2v) is 13.0. The van der Waals surface area contributed by atoms with Gasteiger partial charge in [-0.25, -0.2) is 0 Å².